The van der Waals surface area contributed by atoms with Crippen molar-refractivity contribution in [2.75, 3.05) is 27.3 Å². The monoisotopic (exact) mass is 272 g/mol. The average molecular weight is 272 g/mol. The van der Waals surface area contributed by atoms with Gasteiger partial charge >= 0.3 is 0 Å². The molecule has 0 aliphatic rings. The van der Waals surface area contributed by atoms with Gasteiger partial charge in [0.15, 0.2) is 0 Å². The van der Waals surface area contributed by atoms with Gasteiger partial charge in [-0.25, -0.2) is 13.1 Å². The van der Waals surface area contributed by atoms with Crippen molar-refractivity contribution in [1.29, 1.82) is 0 Å². The maximum Gasteiger partial charge on any atom is 0.215 e. The summed E-state index contributed by atoms with van der Waals surface area (Å²) < 4.78 is 30.8. The minimum atomic E-state index is -3.29. The van der Waals surface area contributed by atoms with Crippen molar-refractivity contribution in [3.8, 4) is 0 Å². The fraction of sp³-hybridized carbons (Fsp3) is 0.500. The highest BCUT2D eigenvalue weighted by atomic mass is 32.2. The molecule has 18 heavy (non-hydrogen) atoms. The predicted molar refractivity (Wildman–Crippen MR) is 71.7 cm³/mol. The van der Waals surface area contributed by atoms with Crippen LogP contribution < -0.4 is 10.0 Å². The van der Waals surface area contributed by atoms with Crippen LogP contribution in [0.2, 0.25) is 0 Å². The molecule has 0 bridgehead atoms. The van der Waals surface area contributed by atoms with Crippen LogP contribution in [0, 0.1) is 0 Å². The molecule has 0 heterocycles. The summed E-state index contributed by atoms with van der Waals surface area (Å²) in [6, 6.07) is 7.54. The highest BCUT2D eigenvalue weighted by Crippen LogP contribution is 2.08. The van der Waals surface area contributed by atoms with Gasteiger partial charge in [0.2, 0.25) is 10.0 Å². The Morgan fingerprint density at radius 3 is 2.67 bits per heavy atom. The van der Waals surface area contributed by atoms with Gasteiger partial charge < -0.3 is 10.1 Å². The molecule has 0 spiro atoms. The van der Waals surface area contributed by atoms with Crippen molar-refractivity contribution in [2.24, 2.45) is 0 Å². The molecule has 0 amide bonds. The third kappa shape index (κ3) is 5.59. The zero-order chi connectivity index (χ0) is 13.4. The van der Waals surface area contributed by atoms with E-state index in [0.29, 0.717) is 13.2 Å². The Balaban J connectivity index is 2.62. The molecule has 5 nitrogen and oxygen atoms in total. The van der Waals surface area contributed by atoms with Gasteiger partial charge in [-0.15, -0.1) is 0 Å². The fourth-order valence-electron chi connectivity index (χ4n) is 1.60. The van der Waals surface area contributed by atoms with Gasteiger partial charge in [0.05, 0.1) is 12.4 Å². The van der Waals surface area contributed by atoms with Gasteiger partial charge in [0.25, 0.3) is 0 Å². The molecule has 2 N–H and O–H groups in total. The number of rotatable bonds is 8. The van der Waals surface area contributed by atoms with Crippen molar-refractivity contribution < 1.29 is 13.2 Å². The maximum atomic E-state index is 11.8. The van der Waals surface area contributed by atoms with Crippen molar-refractivity contribution in [1.82, 2.24) is 10.0 Å². The molecule has 1 aromatic rings. The van der Waals surface area contributed by atoms with Gasteiger partial charge in [-0.2, -0.15) is 0 Å². The Morgan fingerprint density at radius 1 is 1.28 bits per heavy atom. The van der Waals surface area contributed by atoms with Crippen LogP contribution in [-0.2, 0) is 27.1 Å². The average Bonchev–Trinajstić information content (AvgIpc) is 2.29. The summed E-state index contributed by atoms with van der Waals surface area (Å²) in [5.74, 6) is -0.00569. The van der Waals surface area contributed by atoms with Crippen molar-refractivity contribution in [2.45, 2.75) is 12.3 Å². The van der Waals surface area contributed by atoms with E-state index in [9.17, 15) is 8.42 Å². The lowest BCUT2D eigenvalue weighted by atomic mass is 10.1. The summed E-state index contributed by atoms with van der Waals surface area (Å²) in [6.45, 7) is 1.40. The highest BCUT2D eigenvalue weighted by molar-refractivity contribution is 7.88. The van der Waals surface area contributed by atoms with Crippen LogP contribution in [-0.4, -0.2) is 35.7 Å². The topological polar surface area (TPSA) is 67.4 Å². The van der Waals surface area contributed by atoms with Gasteiger partial charge in [-0.3, -0.25) is 0 Å². The summed E-state index contributed by atoms with van der Waals surface area (Å²) in [5, 5.41) is 3.03. The molecule has 0 radical (unpaired) electrons. The molecule has 0 saturated heterocycles. The Morgan fingerprint density at radius 2 is 2.00 bits per heavy atom. The van der Waals surface area contributed by atoms with Crippen LogP contribution in [0.1, 0.15) is 11.1 Å². The molecule has 6 heteroatoms. The zero-order valence-electron chi connectivity index (χ0n) is 10.8. The second-order valence-corrected chi connectivity index (χ2v) is 5.80. The van der Waals surface area contributed by atoms with Crippen LogP contribution in [0.5, 0.6) is 0 Å². The Kier molecular flexibility index (Phi) is 6.28. The largest absolute Gasteiger partial charge is 0.383 e. The first-order chi connectivity index (χ1) is 8.57. The second kappa shape index (κ2) is 7.48. The lowest BCUT2D eigenvalue weighted by Gasteiger charge is -2.07. The summed E-state index contributed by atoms with van der Waals surface area (Å²) >= 11 is 0. The molecule has 0 fully saturated rings. The van der Waals surface area contributed by atoms with Gasteiger partial charge in [0, 0.05) is 20.2 Å². The molecule has 0 aliphatic carbocycles. The first-order valence-electron chi connectivity index (χ1n) is 5.76. The normalized spacial score (nSPS) is 11.7. The first-order valence-corrected chi connectivity index (χ1v) is 7.41. The Hall–Kier alpha value is -0.950. The summed E-state index contributed by atoms with van der Waals surface area (Å²) in [6.07, 6.45) is 0. The van der Waals surface area contributed by atoms with Crippen LogP contribution in [0.25, 0.3) is 0 Å². The molecule has 0 atom stereocenters. The summed E-state index contributed by atoms with van der Waals surface area (Å²) in [7, 11) is 0.105. The minimum Gasteiger partial charge on any atom is -0.383 e. The SMILES string of the molecule is CNCc1cccc(CS(=O)(=O)NCCOC)c1. The third-order valence-corrected chi connectivity index (χ3v) is 3.71. The van der Waals surface area contributed by atoms with Crippen LogP contribution >= 0.6 is 0 Å². The molecule has 1 rings (SSSR count). The van der Waals surface area contributed by atoms with E-state index in [2.05, 4.69) is 10.0 Å². The van der Waals surface area contributed by atoms with Crippen LogP contribution in [0.4, 0.5) is 0 Å². The Labute approximate surface area is 109 Å². The fourth-order valence-corrected chi connectivity index (χ4v) is 2.72. The van der Waals surface area contributed by atoms with E-state index in [0.717, 1.165) is 17.7 Å². The number of ether oxygens (including phenoxy) is 1. The number of sulfonamides is 1. The molecule has 0 saturated carbocycles. The predicted octanol–water partition coefficient (Wildman–Crippen LogP) is 0.472. The first kappa shape index (κ1) is 15.1. The maximum absolute atomic E-state index is 11.8. The number of methoxy groups -OCH3 is 1. The Bertz CT molecular complexity index is 460. The number of hydrogen-bond acceptors (Lipinski definition) is 4. The summed E-state index contributed by atoms with van der Waals surface area (Å²) in [5.41, 5.74) is 1.86. The van der Waals surface area contributed by atoms with E-state index in [1.807, 2.05) is 31.3 Å². The van der Waals surface area contributed by atoms with E-state index in [4.69, 9.17) is 4.74 Å². The van der Waals surface area contributed by atoms with Gasteiger partial charge in [-0.05, 0) is 18.2 Å². The highest BCUT2D eigenvalue weighted by Gasteiger charge is 2.10. The molecule has 102 valence electrons. The minimum absolute atomic E-state index is 0.00569. The van der Waals surface area contributed by atoms with E-state index < -0.39 is 10.0 Å². The van der Waals surface area contributed by atoms with E-state index in [-0.39, 0.29) is 5.75 Å². The van der Waals surface area contributed by atoms with Gasteiger partial charge in [0.1, 0.15) is 0 Å². The third-order valence-electron chi connectivity index (χ3n) is 2.36. The van der Waals surface area contributed by atoms with Crippen LogP contribution in [0.3, 0.4) is 0 Å². The van der Waals surface area contributed by atoms with Crippen molar-refractivity contribution >= 4 is 10.0 Å². The number of hydrogen-bond donors (Lipinski definition) is 2. The van der Waals surface area contributed by atoms with E-state index >= 15 is 0 Å². The molecule has 0 unspecified atom stereocenters. The van der Waals surface area contributed by atoms with E-state index in [1.54, 1.807) is 0 Å². The zero-order valence-corrected chi connectivity index (χ0v) is 11.6. The second-order valence-electron chi connectivity index (χ2n) is 4.00. The quantitative estimate of drug-likeness (QED) is 0.675. The molecular weight excluding hydrogens is 252 g/mol. The van der Waals surface area contributed by atoms with E-state index in [1.165, 1.54) is 7.11 Å². The molecule has 1 aromatic carbocycles. The van der Waals surface area contributed by atoms with Gasteiger partial charge in [-0.1, -0.05) is 24.3 Å². The smallest absolute Gasteiger partial charge is 0.215 e. The van der Waals surface area contributed by atoms with Crippen LogP contribution in [0.15, 0.2) is 24.3 Å². The number of benzene rings is 1. The summed E-state index contributed by atoms with van der Waals surface area (Å²) in [4.78, 5) is 0. The van der Waals surface area contributed by atoms with Crippen molar-refractivity contribution in [3.63, 3.8) is 0 Å². The molecule has 0 aromatic heterocycles. The lowest BCUT2D eigenvalue weighted by Crippen LogP contribution is -2.28. The number of nitrogens with one attached hydrogen (secondary N) is 2. The lowest BCUT2D eigenvalue weighted by molar-refractivity contribution is 0.204. The van der Waals surface area contributed by atoms with Crippen molar-refractivity contribution in [3.05, 3.63) is 35.4 Å². The standard InChI is InChI=1S/C12H20N2O3S/c1-13-9-11-4-3-5-12(8-11)10-18(15,16)14-6-7-17-2/h3-5,8,13-14H,6-7,9-10H2,1-2H3. The molecular formula is C12H20N2O3S. The molecule has 0 aliphatic heterocycles.